The first-order chi connectivity index (χ1) is 13.6. The van der Waals surface area contributed by atoms with Crippen LogP contribution in [0.25, 0.3) is 0 Å². The highest BCUT2D eigenvalue weighted by Crippen LogP contribution is 2.21. The van der Waals surface area contributed by atoms with Crippen molar-refractivity contribution >= 4 is 17.5 Å². The molecule has 0 atom stereocenters. The lowest BCUT2D eigenvalue weighted by Gasteiger charge is -2.22. The average Bonchev–Trinajstić information content (AvgIpc) is 2.65. The Bertz CT molecular complexity index is 884. The van der Waals surface area contributed by atoms with Crippen LogP contribution < -0.4 is 10.1 Å². The zero-order chi connectivity index (χ0) is 21.6. The number of hydrogen-bond donors (Lipinski definition) is 1. The van der Waals surface area contributed by atoms with E-state index in [9.17, 15) is 27.2 Å². The molecule has 2 aromatic carbocycles. The standard InChI is InChI=1S/C20H20F4N2O3/c1-3-26(19(28)20(22,23)24)12-14-5-4-6-15(9-14)25-18(27)11-13-7-8-17(29-2)16(21)10-13/h4-10H,3,11-12H2,1-2H3,(H,25,27). The summed E-state index contributed by atoms with van der Waals surface area (Å²) in [5.74, 6) is -2.87. The van der Waals surface area contributed by atoms with Gasteiger partial charge in [0.25, 0.3) is 0 Å². The number of hydrogen-bond acceptors (Lipinski definition) is 3. The minimum atomic E-state index is -4.95. The van der Waals surface area contributed by atoms with Crippen LogP contribution in [0.1, 0.15) is 18.1 Å². The van der Waals surface area contributed by atoms with Crippen molar-refractivity contribution < 1.29 is 31.9 Å². The third-order valence-corrected chi connectivity index (χ3v) is 4.08. The Morgan fingerprint density at radius 1 is 1.10 bits per heavy atom. The van der Waals surface area contributed by atoms with Crippen LogP contribution in [0.15, 0.2) is 42.5 Å². The van der Waals surface area contributed by atoms with Crippen LogP contribution in [0.2, 0.25) is 0 Å². The number of alkyl halides is 3. The Hall–Kier alpha value is -3.10. The Balaban J connectivity index is 2.04. The molecular weight excluding hydrogens is 392 g/mol. The summed E-state index contributed by atoms with van der Waals surface area (Å²) in [5, 5.41) is 2.61. The highest BCUT2D eigenvalue weighted by Gasteiger charge is 2.41. The zero-order valence-electron chi connectivity index (χ0n) is 15.8. The van der Waals surface area contributed by atoms with Crippen LogP contribution >= 0.6 is 0 Å². The summed E-state index contributed by atoms with van der Waals surface area (Å²) < 4.78 is 56.5. The van der Waals surface area contributed by atoms with Crippen molar-refractivity contribution in [3.8, 4) is 5.75 Å². The van der Waals surface area contributed by atoms with Gasteiger partial charge in [-0.3, -0.25) is 9.59 Å². The van der Waals surface area contributed by atoms with E-state index in [0.29, 0.717) is 21.7 Å². The molecule has 1 N–H and O–H groups in total. The van der Waals surface area contributed by atoms with Gasteiger partial charge >= 0.3 is 12.1 Å². The largest absolute Gasteiger partial charge is 0.494 e. The van der Waals surface area contributed by atoms with Crippen molar-refractivity contribution in [3.63, 3.8) is 0 Å². The molecule has 0 spiro atoms. The lowest BCUT2D eigenvalue weighted by Crippen LogP contribution is -2.40. The smallest absolute Gasteiger partial charge is 0.471 e. The molecule has 0 bridgehead atoms. The molecule has 156 valence electrons. The number of ether oxygens (including phenoxy) is 1. The molecule has 0 aliphatic carbocycles. The summed E-state index contributed by atoms with van der Waals surface area (Å²) in [4.78, 5) is 24.3. The molecule has 2 rings (SSSR count). The maximum atomic E-state index is 13.7. The van der Waals surface area contributed by atoms with Crippen molar-refractivity contribution in [2.24, 2.45) is 0 Å². The number of methoxy groups -OCH3 is 1. The highest BCUT2D eigenvalue weighted by atomic mass is 19.4. The Kier molecular flexibility index (Phi) is 7.19. The molecule has 0 unspecified atom stereocenters. The number of carbonyl (C=O) groups excluding carboxylic acids is 2. The number of nitrogens with zero attached hydrogens (tertiary/aromatic N) is 1. The van der Waals surface area contributed by atoms with E-state index >= 15 is 0 Å². The molecule has 0 heterocycles. The van der Waals surface area contributed by atoms with E-state index < -0.39 is 23.8 Å². The molecule has 0 aromatic heterocycles. The van der Waals surface area contributed by atoms with Crippen LogP contribution in [-0.4, -0.2) is 36.5 Å². The average molecular weight is 412 g/mol. The quantitative estimate of drug-likeness (QED) is 0.702. The van der Waals surface area contributed by atoms with Gasteiger partial charge in [0.15, 0.2) is 11.6 Å². The van der Waals surface area contributed by atoms with Crippen LogP contribution in [0.5, 0.6) is 5.75 Å². The first-order valence-corrected chi connectivity index (χ1v) is 8.71. The second kappa shape index (κ2) is 9.40. The normalized spacial score (nSPS) is 11.1. The van der Waals surface area contributed by atoms with Gasteiger partial charge < -0.3 is 15.0 Å². The Morgan fingerprint density at radius 2 is 1.83 bits per heavy atom. The summed E-state index contributed by atoms with van der Waals surface area (Å²) in [5.41, 5.74) is 1.22. The summed E-state index contributed by atoms with van der Waals surface area (Å²) in [7, 11) is 1.33. The van der Waals surface area contributed by atoms with Crippen molar-refractivity contribution in [2.45, 2.75) is 26.1 Å². The van der Waals surface area contributed by atoms with Gasteiger partial charge in [0.2, 0.25) is 5.91 Å². The molecule has 2 amide bonds. The molecule has 0 radical (unpaired) electrons. The van der Waals surface area contributed by atoms with E-state index in [4.69, 9.17) is 4.74 Å². The van der Waals surface area contributed by atoms with Crippen molar-refractivity contribution in [2.75, 3.05) is 19.0 Å². The van der Waals surface area contributed by atoms with E-state index in [1.807, 2.05) is 0 Å². The van der Waals surface area contributed by atoms with Crippen LogP contribution in [0.3, 0.4) is 0 Å². The molecule has 0 aliphatic rings. The molecule has 5 nitrogen and oxygen atoms in total. The number of amides is 2. The van der Waals surface area contributed by atoms with E-state index in [0.717, 1.165) is 0 Å². The van der Waals surface area contributed by atoms with Crippen molar-refractivity contribution in [1.29, 1.82) is 0 Å². The molecule has 0 aliphatic heterocycles. The lowest BCUT2D eigenvalue weighted by molar-refractivity contribution is -0.185. The van der Waals surface area contributed by atoms with E-state index in [1.165, 1.54) is 32.2 Å². The predicted octanol–water partition coefficient (Wildman–Crippen LogP) is 3.93. The fraction of sp³-hybridized carbons (Fsp3) is 0.300. The van der Waals surface area contributed by atoms with Crippen LogP contribution in [-0.2, 0) is 22.6 Å². The number of halogens is 4. The third kappa shape index (κ3) is 6.20. The third-order valence-electron chi connectivity index (χ3n) is 4.08. The number of anilines is 1. The van der Waals surface area contributed by atoms with Gasteiger partial charge in [0, 0.05) is 18.8 Å². The molecular formula is C20H20F4N2O3. The minimum absolute atomic E-state index is 0.0655. The van der Waals surface area contributed by atoms with Gasteiger partial charge in [-0.05, 0) is 42.3 Å². The molecule has 9 heteroatoms. The van der Waals surface area contributed by atoms with Crippen LogP contribution in [0, 0.1) is 5.82 Å². The predicted molar refractivity (Wildman–Crippen MR) is 98.9 cm³/mol. The van der Waals surface area contributed by atoms with Gasteiger partial charge in [0.1, 0.15) is 0 Å². The molecule has 0 fully saturated rings. The van der Waals surface area contributed by atoms with Gasteiger partial charge in [-0.2, -0.15) is 13.2 Å². The number of rotatable bonds is 7. The molecule has 2 aromatic rings. The summed E-state index contributed by atoms with van der Waals surface area (Å²) >= 11 is 0. The number of carbonyl (C=O) groups is 2. The molecule has 29 heavy (non-hydrogen) atoms. The lowest BCUT2D eigenvalue weighted by atomic mass is 10.1. The zero-order valence-corrected chi connectivity index (χ0v) is 15.8. The molecule has 0 saturated heterocycles. The van der Waals surface area contributed by atoms with Crippen molar-refractivity contribution in [1.82, 2.24) is 4.90 Å². The summed E-state index contributed by atoms with van der Waals surface area (Å²) in [6, 6.07) is 10.3. The summed E-state index contributed by atoms with van der Waals surface area (Å²) in [6.45, 7) is 1.09. The Labute approximate surface area is 165 Å². The highest BCUT2D eigenvalue weighted by molar-refractivity contribution is 5.92. The minimum Gasteiger partial charge on any atom is -0.494 e. The van der Waals surface area contributed by atoms with Crippen molar-refractivity contribution in [3.05, 3.63) is 59.4 Å². The van der Waals surface area contributed by atoms with E-state index in [-0.39, 0.29) is 25.3 Å². The van der Waals surface area contributed by atoms with E-state index in [2.05, 4.69) is 5.32 Å². The van der Waals surface area contributed by atoms with E-state index in [1.54, 1.807) is 24.3 Å². The maximum absolute atomic E-state index is 13.7. The Morgan fingerprint density at radius 3 is 2.41 bits per heavy atom. The van der Waals surface area contributed by atoms with Gasteiger partial charge in [-0.25, -0.2) is 4.39 Å². The topological polar surface area (TPSA) is 58.6 Å². The maximum Gasteiger partial charge on any atom is 0.471 e. The SMILES string of the molecule is CCN(Cc1cccc(NC(=O)Cc2ccc(OC)c(F)c2)c1)C(=O)C(F)(F)F. The monoisotopic (exact) mass is 412 g/mol. The second-order valence-electron chi connectivity index (χ2n) is 6.21. The molecule has 0 saturated carbocycles. The first kappa shape index (κ1) is 22.2. The van der Waals surface area contributed by atoms with Gasteiger partial charge in [0.05, 0.1) is 13.5 Å². The van der Waals surface area contributed by atoms with Gasteiger partial charge in [-0.15, -0.1) is 0 Å². The second-order valence-corrected chi connectivity index (χ2v) is 6.21. The number of nitrogens with one attached hydrogen (secondary N) is 1. The fourth-order valence-corrected chi connectivity index (χ4v) is 2.68. The fourth-order valence-electron chi connectivity index (χ4n) is 2.68. The summed E-state index contributed by atoms with van der Waals surface area (Å²) in [6.07, 6.45) is -5.05. The first-order valence-electron chi connectivity index (χ1n) is 8.71. The number of benzene rings is 2. The van der Waals surface area contributed by atoms with Crippen LogP contribution in [0.4, 0.5) is 23.2 Å². The van der Waals surface area contributed by atoms with Gasteiger partial charge in [-0.1, -0.05) is 18.2 Å².